The Morgan fingerprint density at radius 3 is 2.61 bits per heavy atom. The van der Waals surface area contributed by atoms with E-state index in [1.165, 1.54) is 18.3 Å². The SMILES string of the molecule is CC1=CN(C(=O)c2ccccc2O)[C@H](C(=O)O)C1. The zero-order valence-electron chi connectivity index (χ0n) is 9.83. The van der Waals surface area contributed by atoms with E-state index in [4.69, 9.17) is 5.11 Å². The van der Waals surface area contributed by atoms with Crippen LogP contribution in [0.25, 0.3) is 0 Å². The van der Waals surface area contributed by atoms with Gasteiger partial charge >= 0.3 is 5.97 Å². The van der Waals surface area contributed by atoms with Crippen molar-refractivity contribution in [1.82, 2.24) is 4.90 Å². The van der Waals surface area contributed by atoms with Crippen molar-refractivity contribution in [3.05, 3.63) is 41.6 Å². The minimum atomic E-state index is -1.05. The molecule has 18 heavy (non-hydrogen) atoms. The summed E-state index contributed by atoms with van der Waals surface area (Å²) >= 11 is 0. The molecule has 0 spiro atoms. The maximum atomic E-state index is 12.2. The predicted octanol–water partition coefficient (Wildman–Crippen LogP) is 1.60. The molecule has 1 atom stereocenters. The molecular formula is C13H13NO4. The molecule has 1 amide bonds. The van der Waals surface area contributed by atoms with E-state index in [-0.39, 0.29) is 11.3 Å². The number of para-hydroxylation sites is 1. The molecule has 0 aromatic heterocycles. The van der Waals surface area contributed by atoms with Gasteiger partial charge in [-0.3, -0.25) is 4.79 Å². The zero-order valence-corrected chi connectivity index (χ0v) is 9.83. The summed E-state index contributed by atoms with van der Waals surface area (Å²) in [4.78, 5) is 24.4. The first-order chi connectivity index (χ1) is 8.50. The smallest absolute Gasteiger partial charge is 0.327 e. The average molecular weight is 247 g/mol. The van der Waals surface area contributed by atoms with Crippen LogP contribution in [0.5, 0.6) is 5.75 Å². The van der Waals surface area contributed by atoms with Crippen LogP contribution in [0.15, 0.2) is 36.0 Å². The van der Waals surface area contributed by atoms with Crippen LogP contribution in [0.2, 0.25) is 0 Å². The van der Waals surface area contributed by atoms with Crippen LogP contribution in [-0.4, -0.2) is 33.0 Å². The second-order valence-corrected chi connectivity index (χ2v) is 4.26. The molecule has 0 aliphatic carbocycles. The molecule has 2 rings (SSSR count). The number of rotatable bonds is 2. The van der Waals surface area contributed by atoms with Gasteiger partial charge in [-0.25, -0.2) is 4.79 Å². The van der Waals surface area contributed by atoms with Crippen molar-refractivity contribution in [1.29, 1.82) is 0 Å². The molecular weight excluding hydrogens is 234 g/mol. The number of amides is 1. The Kier molecular flexibility index (Phi) is 3.06. The Balaban J connectivity index is 2.34. The Hall–Kier alpha value is -2.30. The molecule has 1 aromatic carbocycles. The summed E-state index contributed by atoms with van der Waals surface area (Å²) in [7, 11) is 0. The fourth-order valence-corrected chi connectivity index (χ4v) is 1.98. The molecule has 1 aliphatic heterocycles. The number of phenols is 1. The summed E-state index contributed by atoms with van der Waals surface area (Å²) in [5, 5.41) is 18.7. The number of benzene rings is 1. The van der Waals surface area contributed by atoms with E-state index in [0.29, 0.717) is 6.42 Å². The molecule has 0 saturated heterocycles. The van der Waals surface area contributed by atoms with E-state index in [1.807, 2.05) is 0 Å². The van der Waals surface area contributed by atoms with E-state index in [1.54, 1.807) is 19.1 Å². The number of hydrogen-bond donors (Lipinski definition) is 2. The third-order valence-corrected chi connectivity index (χ3v) is 2.86. The van der Waals surface area contributed by atoms with Crippen molar-refractivity contribution in [3.8, 4) is 5.75 Å². The molecule has 0 unspecified atom stereocenters. The molecule has 5 nitrogen and oxygen atoms in total. The van der Waals surface area contributed by atoms with Crippen LogP contribution in [-0.2, 0) is 4.79 Å². The second-order valence-electron chi connectivity index (χ2n) is 4.26. The van der Waals surface area contributed by atoms with Gasteiger partial charge in [0.25, 0.3) is 5.91 Å². The van der Waals surface area contributed by atoms with Crippen LogP contribution < -0.4 is 0 Å². The minimum absolute atomic E-state index is 0.106. The van der Waals surface area contributed by atoms with Gasteiger partial charge < -0.3 is 15.1 Å². The van der Waals surface area contributed by atoms with Gasteiger partial charge in [0, 0.05) is 12.6 Å². The van der Waals surface area contributed by atoms with Crippen molar-refractivity contribution in [2.24, 2.45) is 0 Å². The standard InChI is InChI=1S/C13H13NO4/c1-8-6-10(13(17)18)14(7-8)12(16)9-4-2-3-5-11(9)15/h2-5,7,10,15H,6H2,1H3,(H,17,18)/t10-/m0/s1. The van der Waals surface area contributed by atoms with E-state index >= 15 is 0 Å². The summed E-state index contributed by atoms with van der Waals surface area (Å²) in [6.45, 7) is 1.77. The molecule has 1 aliphatic rings. The minimum Gasteiger partial charge on any atom is -0.507 e. The fraction of sp³-hybridized carbons (Fsp3) is 0.231. The third-order valence-electron chi connectivity index (χ3n) is 2.86. The van der Waals surface area contributed by atoms with Gasteiger partial charge in [0.15, 0.2) is 0 Å². The molecule has 5 heteroatoms. The number of carbonyl (C=O) groups excluding carboxylic acids is 1. The van der Waals surface area contributed by atoms with E-state index < -0.39 is 17.9 Å². The highest BCUT2D eigenvalue weighted by atomic mass is 16.4. The Labute approximate surface area is 104 Å². The summed E-state index contributed by atoms with van der Waals surface area (Å²) in [6, 6.07) is 5.20. The van der Waals surface area contributed by atoms with Gasteiger partial charge in [0.05, 0.1) is 5.56 Å². The molecule has 0 radical (unpaired) electrons. The van der Waals surface area contributed by atoms with Gasteiger partial charge in [-0.15, -0.1) is 0 Å². The number of phenolic OH excluding ortho intramolecular Hbond substituents is 1. The monoisotopic (exact) mass is 247 g/mol. The summed E-state index contributed by atoms with van der Waals surface area (Å²) in [5.74, 6) is -1.70. The van der Waals surface area contributed by atoms with Crippen LogP contribution in [0.1, 0.15) is 23.7 Å². The lowest BCUT2D eigenvalue weighted by atomic mass is 10.1. The van der Waals surface area contributed by atoms with E-state index in [9.17, 15) is 14.7 Å². The number of carboxylic acid groups (broad SMARTS) is 1. The van der Waals surface area contributed by atoms with Gasteiger partial charge in [0.2, 0.25) is 0 Å². The highest BCUT2D eigenvalue weighted by Gasteiger charge is 2.34. The molecule has 1 heterocycles. The van der Waals surface area contributed by atoms with E-state index in [2.05, 4.69) is 0 Å². The predicted molar refractivity (Wildman–Crippen MR) is 64.1 cm³/mol. The molecule has 0 fully saturated rings. The largest absolute Gasteiger partial charge is 0.507 e. The molecule has 0 bridgehead atoms. The summed E-state index contributed by atoms with van der Waals surface area (Å²) < 4.78 is 0. The number of carbonyl (C=O) groups is 2. The van der Waals surface area contributed by atoms with Crippen LogP contribution >= 0.6 is 0 Å². The van der Waals surface area contributed by atoms with Gasteiger partial charge in [-0.1, -0.05) is 17.7 Å². The first kappa shape index (κ1) is 12.2. The summed E-state index contributed by atoms with van der Waals surface area (Å²) in [6.07, 6.45) is 1.84. The quantitative estimate of drug-likeness (QED) is 0.832. The van der Waals surface area contributed by atoms with Gasteiger partial charge in [-0.2, -0.15) is 0 Å². The van der Waals surface area contributed by atoms with E-state index in [0.717, 1.165) is 10.5 Å². The summed E-state index contributed by atoms with van der Waals surface area (Å²) in [5.41, 5.74) is 0.931. The van der Waals surface area contributed by atoms with Crippen molar-refractivity contribution in [2.75, 3.05) is 0 Å². The van der Waals surface area contributed by atoms with Crippen LogP contribution in [0.3, 0.4) is 0 Å². The Morgan fingerprint density at radius 1 is 1.33 bits per heavy atom. The molecule has 0 saturated carbocycles. The number of aliphatic carboxylic acids is 1. The highest BCUT2D eigenvalue weighted by molar-refractivity contribution is 6.00. The lowest BCUT2D eigenvalue weighted by Gasteiger charge is -2.20. The van der Waals surface area contributed by atoms with Crippen molar-refractivity contribution < 1.29 is 19.8 Å². The fourth-order valence-electron chi connectivity index (χ4n) is 1.98. The first-order valence-electron chi connectivity index (χ1n) is 5.51. The van der Waals surface area contributed by atoms with Crippen molar-refractivity contribution in [2.45, 2.75) is 19.4 Å². The van der Waals surface area contributed by atoms with Gasteiger partial charge in [-0.05, 0) is 19.1 Å². The molecule has 94 valence electrons. The average Bonchev–Trinajstić information content (AvgIpc) is 2.71. The Bertz CT molecular complexity index is 536. The van der Waals surface area contributed by atoms with Crippen LogP contribution in [0.4, 0.5) is 0 Å². The number of carboxylic acids is 1. The molecule has 2 N–H and O–H groups in total. The topological polar surface area (TPSA) is 77.8 Å². The maximum Gasteiger partial charge on any atom is 0.327 e. The van der Waals surface area contributed by atoms with Crippen molar-refractivity contribution >= 4 is 11.9 Å². The molecule has 1 aromatic rings. The second kappa shape index (κ2) is 4.52. The lowest BCUT2D eigenvalue weighted by Crippen LogP contribution is -2.38. The maximum absolute atomic E-state index is 12.2. The lowest BCUT2D eigenvalue weighted by molar-refractivity contribution is -0.141. The first-order valence-corrected chi connectivity index (χ1v) is 5.51. The zero-order chi connectivity index (χ0) is 13.3. The van der Waals surface area contributed by atoms with Crippen LogP contribution in [0, 0.1) is 0 Å². The normalized spacial score (nSPS) is 18.6. The number of nitrogens with zero attached hydrogens (tertiary/aromatic N) is 1. The Morgan fingerprint density at radius 2 is 2.00 bits per heavy atom. The third kappa shape index (κ3) is 2.07. The highest BCUT2D eigenvalue weighted by Crippen LogP contribution is 2.26. The van der Waals surface area contributed by atoms with Gasteiger partial charge in [0.1, 0.15) is 11.8 Å². The number of aromatic hydroxyl groups is 1. The number of hydrogen-bond acceptors (Lipinski definition) is 3. The van der Waals surface area contributed by atoms with Crippen molar-refractivity contribution in [3.63, 3.8) is 0 Å².